The Hall–Kier alpha value is -4.83. The number of hydrogen-bond donors (Lipinski definition) is 3. The highest BCUT2D eigenvalue weighted by Gasteiger charge is 2.27. The Labute approximate surface area is 245 Å². The van der Waals surface area contributed by atoms with E-state index in [2.05, 4.69) is 20.6 Å². The van der Waals surface area contributed by atoms with Crippen molar-refractivity contribution in [2.24, 2.45) is 7.05 Å². The van der Waals surface area contributed by atoms with Gasteiger partial charge in [0.1, 0.15) is 11.6 Å². The number of phenolic OH excluding ortho intramolecular Hbond substituents is 1. The van der Waals surface area contributed by atoms with Gasteiger partial charge in [0.05, 0.1) is 24.1 Å². The molecule has 0 spiro atoms. The summed E-state index contributed by atoms with van der Waals surface area (Å²) in [5, 5.41) is 20.3. The first-order valence-electron chi connectivity index (χ1n) is 14.2. The fraction of sp³-hybridized carbons (Fsp3) is 0.281. The molecule has 3 heterocycles. The number of piperazine rings is 1. The topological polar surface area (TPSA) is 106 Å². The van der Waals surface area contributed by atoms with Gasteiger partial charge in [-0.1, -0.05) is 30.3 Å². The summed E-state index contributed by atoms with van der Waals surface area (Å²) in [7, 11) is 1.88. The highest BCUT2D eigenvalue weighted by atomic mass is 16.3. The molecule has 3 N–H and O–H groups in total. The average Bonchev–Trinajstić information content (AvgIpc) is 3.24. The summed E-state index contributed by atoms with van der Waals surface area (Å²) in [5.74, 6) is 1.05. The van der Waals surface area contributed by atoms with E-state index in [4.69, 9.17) is 0 Å². The van der Waals surface area contributed by atoms with Crippen LogP contribution in [0, 0.1) is 6.92 Å². The fourth-order valence-electron chi connectivity index (χ4n) is 5.57. The molecule has 1 aromatic heterocycles. The number of aryl methyl sites for hydroxylation is 2. The zero-order valence-electron chi connectivity index (χ0n) is 23.9. The molecule has 0 unspecified atom stereocenters. The molecule has 1 fully saturated rings. The lowest BCUT2D eigenvalue weighted by atomic mass is 10.0. The minimum absolute atomic E-state index is 0.0835. The second kappa shape index (κ2) is 11.6. The number of phenols is 1. The Morgan fingerprint density at radius 2 is 1.76 bits per heavy atom. The van der Waals surface area contributed by atoms with E-state index < -0.39 is 0 Å². The van der Waals surface area contributed by atoms with Crippen molar-refractivity contribution in [3.63, 3.8) is 0 Å². The van der Waals surface area contributed by atoms with Crippen LogP contribution >= 0.6 is 0 Å². The molecule has 6 rings (SSSR count). The summed E-state index contributed by atoms with van der Waals surface area (Å²) in [6, 6.07) is 20.6. The maximum absolute atomic E-state index is 13.8. The molecule has 1 saturated heterocycles. The van der Waals surface area contributed by atoms with E-state index in [1.54, 1.807) is 27.9 Å². The van der Waals surface area contributed by atoms with Crippen LogP contribution in [0.25, 0.3) is 0 Å². The van der Waals surface area contributed by atoms with Crippen molar-refractivity contribution >= 4 is 29.1 Å². The Morgan fingerprint density at radius 1 is 1.00 bits per heavy atom. The first-order valence-corrected chi connectivity index (χ1v) is 14.2. The van der Waals surface area contributed by atoms with Crippen LogP contribution in [-0.4, -0.2) is 62.8 Å². The third-order valence-electron chi connectivity index (χ3n) is 8.06. The van der Waals surface area contributed by atoms with Crippen LogP contribution in [0.2, 0.25) is 0 Å². The van der Waals surface area contributed by atoms with Gasteiger partial charge in [0.2, 0.25) is 0 Å². The molecule has 0 bridgehead atoms. The third-order valence-corrected chi connectivity index (χ3v) is 8.06. The van der Waals surface area contributed by atoms with Crippen LogP contribution in [0.5, 0.6) is 5.75 Å². The maximum Gasteiger partial charge on any atom is 0.317 e. The molecule has 10 heteroatoms. The summed E-state index contributed by atoms with van der Waals surface area (Å²) >= 11 is 0. The van der Waals surface area contributed by atoms with Gasteiger partial charge >= 0.3 is 6.03 Å². The van der Waals surface area contributed by atoms with E-state index in [0.717, 1.165) is 59.1 Å². The number of rotatable bonds is 5. The van der Waals surface area contributed by atoms with Gasteiger partial charge < -0.3 is 25.5 Å². The van der Waals surface area contributed by atoms with Crippen molar-refractivity contribution in [1.82, 2.24) is 24.9 Å². The molecule has 0 atom stereocenters. The molecule has 0 aliphatic carbocycles. The highest BCUT2D eigenvalue weighted by Crippen LogP contribution is 2.36. The molecule has 216 valence electrons. The van der Waals surface area contributed by atoms with Gasteiger partial charge in [-0.3, -0.25) is 14.4 Å². The van der Waals surface area contributed by atoms with E-state index >= 15 is 0 Å². The largest absolute Gasteiger partial charge is 0.508 e. The predicted molar refractivity (Wildman–Crippen MR) is 162 cm³/mol. The quantitative estimate of drug-likeness (QED) is 0.332. The number of nitrogens with one attached hydrogen (secondary N) is 2. The monoisotopic (exact) mass is 565 g/mol. The first kappa shape index (κ1) is 27.3. The predicted octanol–water partition coefficient (Wildman–Crippen LogP) is 4.37. The number of aromatic nitrogens is 2. The number of nitrogens with zero attached hydrogens (tertiary/aromatic N) is 5. The van der Waals surface area contributed by atoms with Crippen molar-refractivity contribution in [2.75, 3.05) is 36.4 Å². The van der Waals surface area contributed by atoms with Crippen LogP contribution in [0.1, 0.15) is 32.6 Å². The van der Waals surface area contributed by atoms with Crippen LogP contribution < -0.4 is 15.5 Å². The third kappa shape index (κ3) is 5.66. The van der Waals surface area contributed by atoms with Crippen LogP contribution in [0.3, 0.4) is 0 Å². The minimum Gasteiger partial charge on any atom is -0.508 e. The highest BCUT2D eigenvalue weighted by molar-refractivity contribution is 6.08. The Kier molecular flexibility index (Phi) is 7.54. The summed E-state index contributed by atoms with van der Waals surface area (Å²) in [4.78, 5) is 32.7. The van der Waals surface area contributed by atoms with E-state index in [1.165, 1.54) is 0 Å². The summed E-state index contributed by atoms with van der Waals surface area (Å²) < 4.78 is 1.78. The number of fused-ring (bicyclic) bond motifs is 2. The molecule has 42 heavy (non-hydrogen) atoms. The van der Waals surface area contributed by atoms with Crippen molar-refractivity contribution in [3.05, 3.63) is 101 Å². The molecule has 10 nitrogen and oxygen atoms in total. The van der Waals surface area contributed by atoms with Crippen molar-refractivity contribution in [1.29, 1.82) is 0 Å². The van der Waals surface area contributed by atoms with Gasteiger partial charge in [-0.2, -0.15) is 5.10 Å². The van der Waals surface area contributed by atoms with Gasteiger partial charge in [-0.05, 0) is 60.0 Å². The van der Waals surface area contributed by atoms with Crippen LogP contribution in [0.4, 0.5) is 22.0 Å². The number of carbonyl (C=O) groups excluding carboxylic acids is 2. The lowest BCUT2D eigenvalue weighted by molar-refractivity contribution is 0.0985. The zero-order valence-corrected chi connectivity index (χ0v) is 23.9. The number of anilines is 3. The standard InChI is InChI=1S/C32H35N7O3/c1-22-17-24(31(41)39-21-26-19-34-36(2)30(26)35-28-5-3-4-6-29(28)39)9-10-25(22)18-33-32(42)38-15-13-37(14-16-38)20-23-7-11-27(40)12-8-23/h3-12,17,19,35,40H,13-16,18,20-21H2,1-2H3,(H,33,42). The van der Waals surface area contributed by atoms with Gasteiger partial charge in [0, 0.05) is 57.4 Å². The van der Waals surface area contributed by atoms with Gasteiger partial charge in [0.25, 0.3) is 5.91 Å². The zero-order chi connectivity index (χ0) is 29.2. The molecule has 4 aromatic rings. The van der Waals surface area contributed by atoms with E-state index in [9.17, 15) is 14.7 Å². The van der Waals surface area contributed by atoms with Crippen molar-refractivity contribution < 1.29 is 14.7 Å². The lowest BCUT2D eigenvalue weighted by Gasteiger charge is -2.34. The number of urea groups is 1. The first-order chi connectivity index (χ1) is 20.4. The van der Waals surface area contributed by atoms with E-state index in [1.807, 2.05) is 73.5 Å². The minimum atomic E-state index is -0.0928. The van der Waals surface area contributed by atoms with Crippen LogP contribution in [-0.2, 0) is 26.7 Å². The molecular formula is C32H35N7O3. The smallest absolute Gasteiger partial charge is 0.317 e. The molecule has 0 saturated carbocycles. The molecule has 0 radical (unpaired) electrons. The normalized spacial score (nSPS) is 14.9. The summed E-state index contributed by atoms with van der Waals surface area (Å²) in [6.45, 7) is 6.45. The molecular weight excluding hydrogens is 530 g/mol. The Morgan fingerprint density at radius 3 is 2.52 bits per heavy atom. The lowest BCUT2D eigenvalue weighted by Crippen LogP contribution is -2.51. The van der Waals surface area contributed by atoms with Gasteiger partial charge in [0.15, 0.2) is 0 Å². The number of amides is 3. The second-order valence-electron chi connectivity index (χ2n) is 10.9. The molecule has 3 amide bonds. The number of aromatic hydroxyl groups is 1. The summed E-state index contributed by atoms with van der Waals surface area (Å²) in [6.07, 6.45) is 1.79. The molecule has 3 aromatic carbocycles. The van der Waals surface area contributed by atoms with Crippen LogP contribution in [0.15, 0.2) is 72.9 Å². The van der Waals surface area contributed by atoms with Crippen molar-refractivity contribution in [2.45, 2.75) is 26.6 Å². The maximum atomic E-state index is 13.8. The Bertz CT molecular complexity index is 1610. The SMILES string of the molecule is Cc1cc(C(=O)N2Cc3cnn(C)c3Nc3ccccc32)ccc1CNC(=O)N1CCN(Cc2ccc(O)cc2)CC1. The number of carbonyl (C=O) groups is 2. The van der Waals surface area contributed by atoms with Gasteiger partial charge in [-0.25, -0.2) is 4.79 Å². The second-order valence-corrected chi connectivity index (χ2v) is 10.9. The summed E-state index contributed by atoms with van der Waals surface area (Å²) in [5.41, 5.74) is 6.26. The molecule has 2 aliphatic heterocycles. The fourth-order valence-corrected chi connectivity index (χ4v) is 5.57. The van der Waals surface area contributed by atoms with Gasteiger partial charge in [-0.15, -0.1) is 0 Å². The number of para-hydroxylation sites is 2. The number of benzene rings is 3. The molecule has 2 aliphatic rings. The van der Waals surface area contributed by atoms with E-state index in [0.29, 0.717) is 31.7 Å². The van der Waals surface area contributed by atoms with Crippen molar-refractivity contribution in [3.8, 4) is 5.75 Å². The van der Waals surface area contributed by atoms with E-state index in [-0.39, 0.29) is 17.7 Å². The Balaban J connectivity index is 1.07. The number of hydrogen-bond acceptors (Lipinski definition) is 6. The average molecular weight is 566 g/mol.